The average molecular weight is 486 g/mol. The van der Waals surface area contributed by atoms with Crippen molar-refractivity contribution in [2.24, 2.45) is 7.05 Å². The van der Waals surface area contributed by atoms with Crippen LogP contribution >= 0.6 is 15.9 Å². The van der Waals surface area contributed by atoms with Crippen LogP contribution in [-0.4, -0.2) is 36.3 Å². The van der Waals surface area contributed by atoms with Gasteiger partial charge in [-0.15, -0.1) is 0 Å². The highest BCUT2D eigenvalue weighted by atomic mass is 79.9. The van der Waals surface area contributed by atoms with Crippen LogP contribution in [-0.2, 0) is 11.8 Å². The highest BCUT2D eigenvalue weighted by Crippen LogP contribution is 2.35. The van der Waals surface area contributed by atoms with Gasteiger partial charge in [-0.1, -0.05) is 64.5 Å². The lowest BCUT2D eigenvalue weighted by atomic mass is 9.97. The summed E-state index contributed by atoms with van der Waals surface area (Å²) in [6.07, 6.45) is 0. The highest BCUT2D eigenvalue weighted by molar-refractivity contribution is 9.10. The third kappa shape index (κ3) is 4.49. The van der Waals surface area contributed by atoms with Gasteiger partial charge in [0.2, 0.25) is 11.7 Å². The van der Waals surface area contributed by atoms with E-state index >= 15 is 0 Å². The molecule has 8 heteroatoms. The lowest BCUT2D eigenvalue weighted by Gasteiger charge is -2.32. The number of nitrogens with zero attached hydrogens (tertiary/aromatic N) is 3. The van der Waals surface area contributed by atoms with Gasteiger partial charge in [0.05, 0.1) is 19.8 Å². The topological polar surface area (TPSA) is 73.7 Å². The Morgan fingerprint density at radius 3 is 2.42 bits per heavy atom. The SMILES string of the molecule is CCOC(=O)c1nc(N(C)C(c2ccccc2)c2ccccc2Br)n(C)c(=O)c1OC. The first-order chi connectivity index (χ1) is 14.9. The predicted molar refractivity (Wildman–Crippen MR) is 123 cm³/mol. The molecule has 2 aromatic carbocycles. The normalized spacial score (nSPS) is 11.6. The molecule has 0 saturated carbocycles. The van der Waals surface area contributed by atoms with Crippen LogP contribution in [0.1, 0.15) is 34.6 Å². The molecule has 1 unspecified atom stereocenters. The Morgan fingerprint density at radius 1 is 1.16 bits per heavy atom. The lowest BCUT2D eigenvalue weighted by Crippen LogP contribution is -2.34. The molecule has 1 heterocycles. The molecule has 0 aliphatic heterocycles. The fraction of sp³-hybridized carbons (Fsp3) is 0.261. The summed E-state index contributed by atoms with van der Waals surface area (Å²) < 4.78 is 12.6. The summed E-state index contributed by atoms with van der Waals surface area (Å²) in [5, 5.41) is 0. The van der Waals surface area contributed by atoms with Gasteiger partial charge in [0.1, 0.15) is 0 Å². The third-order valence-corrected chi connectivity index (χ3v) is 5.64. The second kappa shape index (κ2) is 9.78. The van der Waals surface area contributed by atoms with Gasteiger partial charge in [-0.05, 0) is 24.1 Å². The molecule has 7 nitrogen and oxygen atoms in total. The van der Waals surface area contributed by atoms with Crippen molar-refractivity contribution in [3.05, 3.63) is 86.2 Å². The Kier molecular flexibility index (Phi) is 7.12. The van der Waals surface area contributed by atoms with Crippen LogP contribution in [0.25, 0.3) is 0 Å². The van der Waals surface area contributed by atoms with Crippen LogP contribution in [0, 0.1) is 0 Å². The molecule has 0 spiro atoms. The number of ether oxygens (including phenoxy) is 2. The molecule has 0 aliphatic carbocycles. The Morgan fingerprint density at radius 2 is 1.81 bits per heavy atom. The number of hydrogen-bond donors (Lipinski definition) is 0. The molecular formula is C23H24BrN3O4. The van der Waals surface area contributed by atoms with Gasteiger partial charge in [-0.2, -0.15) is 0 Å². The molecule has 0 amide bonds. The van der Waals surface area contributed by atoms with Gasteiger partial charge in [-0.3, -0.25) is 9.36 Å². The first kappa shape index (κ1) is 22.6. The summed E-state index contributed by atoms with van der Waals surface area (Å²) in [4.78, 5) is 31.8. The van der Waals surface area contributed by atoms with Crippen molar-refractivity contribution >= 4 is 27.8 Å². The molecule has 3 aromatic rings. The minimum absolute atomic E-state index is 0.143. The van der Waals surface area contributed by atoms with Gasteiger partial charge in [-0.25, -0.2) is 9.78 Å². The van der Waals surface area contributed by atoms with Crippen LogP contribution in [0.4, 0.5) is 5.95 Å². The standard InChI is InChI=1S/C23H24BrN3O4/c1-5-31-22(29)18-20(30-4)21(28)27(3)23(25-18)26(2)19(15-11-7-6-8-12-15)16-13-9-10-14-17(16)24/h6-14,19H,5H2,1-4H3. The second-order valence-electron chi connectivity index (χ2n) is 6.82. The van der Waals surface area contributed by atoms with Crippen molar-refractivity contribution in [2.45, 2.75) is 13.0 Å². The van der Waals surface area contributed by atoms with Crippen LogP contribution in [0.2, 0.25) is 0 Å². The van der Waals surface area contributed by atoms with Crippen molar-refractivity contribution in [1.29, 1.82) is 0 Å². The zero-order valence-corrected chi connectivity index (χ0v) is 19.4. The molecule has 0 saturated heterocycles. The van der Waals surface area contributed by atoms with Crippen molar-refractivity contribution in [3.63, 3.8) is 0 Å². The maximum Gasteiger partial charge on any atom is 0.361 e. The maximum absolute atomic E-state index is 13.0. The molecule has 0 N–H and O–H groups in total. The number of methoxy groups -OCH3 is 1. The molecule has 0 radical (unpaired) electrons. The van der Waals surface area contributed by atoms with Crippen LogP contribution < -0.4 is 15.2 Å². The molecule has 31 heavy (non-hydrogen) atoms. The minimum Gasteiger partial charge on any atom is -0.489 e. The second-order valence-corrected chi connectivity index (χ2v) is 7.68. The molecule has 3 rings (SSSR count). The summed E-state index contributed by atoms with van der Waals surface area (Å²) >= 11 is 3.64. The van der Waals surface area contributed by atoms with E-state index in [0.29, 0.717) is 5.95 Å². The van der Waals surface area contributed by atoms with Gasteiger partial charge in [0, 0.05) is 18.6 Å². The van der Waals surface area contributed by atoms with Gasteiger partial charge in [0.15, 0.2) is 5.69 Å². The number of anilines is 1. The Balaban J connectivity index is 2.23. The monoisotopic (exact) mass is 485 g/mol. The first-order valence-electron chi connectivity index (χ1n) is 9.75. The van der Waals surface area contributed by atoms with Crippen molar-refractivity contribution in [1.82, 2.24) is 9.55 Å². The Labute approximate surface area is 189 Å². The van der Waals surface area contributed by atoms with E-state index in [4.69, 9.17) is 9.47 Å². The summed E-state index contributed by atoms with van der Waals surface area (Å²) in [5.74, 6) is -0.544. The number of esters is 1. The summed E-state index contributed by atoms with van der Waals surface area (Å²) in [5.41, 5.74) is 1.37. The molecule has 162 valence electrons. The summed E-state index contributed by atoms with van der Waals surface area (Å²) in [7, 11) is 4.76. The molecular weight excluding hydrogens is 462 g/mol. The number of carbonyl (C=O) groups is 1. The van der Waals surface area contributed by atoms with Gasteiger partial charge in [0.25, 0.3) is 5.56 Å². The Bertz CT molecular complexity index is 1130. The van der Waals surface area contributed by atoms with Crippen molar-refractivity contribution < 1.29 is 14.3 Å². The highest BCUT2D eigenvalue weighted by Gasteiger charge is 2.28. The number of carbonyl (C=O) groups excluding carboxylic acids is 1. The number of rotatable bonds is 7. The van der Waals surface area contributed by atoms with E-state index in [9.17, 15) is 9.59 Å². The lowest BCUT2D eigenvalue weighted by molar-refractivity contribution is 0.0514. The molecule has 1 atom stereocenters. The van der Waals surface area contributed by atoms with E-state index in [0.717, 1.165) is 15.6 Å². The van der Waals surface area contributed by atoms with E-state index < -0.39 is 11.5 Å². The molecule has 1 aromatic heterocycles. The maximum atomic E-state index is 13.0. The quantitative estimate of drug-likeness (QED) is 0.471. The largest absolute Gasteiger partial charge is 0.489 e. The van der Waals surface area contributed by atoms with E-state index in [1.165, 1.54) is 11.7 Å². The van der Waals surface area contributed by atoms with Gasteiger partial charge >= 0.3 is 5.97 Å². The van der Waals surface area contributed by atoms with E-state index in [1.807, 2.05) is 66.5 Å². The van der Waals surface area contributed by atoms with E-state index in [2.05, 4.69) is 20.9 Å². The van der Waals surface area contributed by atoms with E-state index in [-0.39, 0.29) is 24.1 Å². The van der Waals surface area contributed by atoms with E-state index in [1.54, 1.807) is 14.0 Å². The predicted octanol–water partition coefficient (Wildman–Crippen LogP) is 3.95. The summed E-state index contributed by atoms with van der Waals surface area (Å²) in [6.45, 7) is 1.85. The molecule has 0 aliphatic rings. The molecule has 0 fully saturated rings. The number of halogens is 1. The van der Waals surface area contributed by atoms with Crippen LogP contribution in [0.3, 0.4) is 0 Å². The first-order valence-corrected chi connectivity index (χ1v) is 10.5. The number of benzene rings is 2. The smallest absolute Gasteiger partial charge is 0.361 e. The summed E-state index contributed by atoms with van der Waals surface area (Å²) in [6, 6.07) is 17.5. The van der Waals surface area contributed by atoms with Crippen LogP contribution in [0.15, 0.2) is 63.9 Å². The number of aromatic nitrogens is 2. The average Bonchev–Trinajstić information content (AvgIpc) is 2.77. The zero-order chi connectivity index (χ0) is 22.5. The fourth-order valence-electron chi connectivity index (χ4n) is 3.47. The fourth-order valence-corrected chi connectivity index (χ4v) is 3.97. The van der Waals surface area contributed by atoms with Crippen LogP contribution in [0.5, 0.6) is 5.75 Å². The van der Waals surface area contributed by atoms with Crippen molar-refractivity contribution in [3.8, 4) is 5.75 Å². The van der Waals surface area contributed by atoms with Crippen molar-refractivity contribution in [2.75, 3.05) is 25.7 Å². The third-order valence-electron chi connectivity index (χ3n) is 4.92. The minimum atomic E-state index is -0.705. The zero-order valence-electron chi connectivity index (χ0n) is 17.8. The number of hydrogen-bond acceptors (Lipinski definition) is 6. The van der Waals surface area contributed by atoms with Gasteiger partial charge < -0.3 is 14.4 Å². The molecule has 0 bridgehead atoms. The Hall–Kier alpha value is -3.13.